The second kappa shape index (κ2) is 33.7. The third-order valence-corrected chi connectivity index (χ3v) is 20.3. The normalized spacial score (nSPS) is 15.9. The molecule has 0 radical (unpaired) electrons. The first-order chi connectivity index (χ1) is 52.1. The van der Waals surface area contributed by atoms with Crippen LogP contribution in [-0.2, 0) is 41.0 Å². The second-order valence-corrected chi connectivity index (χ2v) is 29.9. The number of rotatable bonds is 10. The third-order valence-electron chi connectivity index (χ3n) is 17.8. The lowest BCUT2D eigenvalue weighted by molar-refractivity contribution is -0.123. The molecular weight excluding hydrogens is 1720 g/mol. The van der Waals surface area contributed by atoms with E-state index in [-0.39, 0.29) is 36.7 Å². The van der Waals surface area contributed by atoms with Crippen LogP contribution in [0.4, 0.5) is 9.59 Å². The molecule has 7 N–H and O–H groups in total. The summed E-state index contributed by atoms with van der Waals surface area (Å²) in [5.41, 5.74) is 9.75. The molecule has 7 aromatic carbocycles. The molecule has 0 saturated carbocycles. The van der Waals surface area contributed by atoms with Gasteiger partial charge in [0.15, 0.2) is 5.54 Å². The van der Waals surface area contributed by atoms with Crippen molar-refractivity contribution in [3.63, 3.8) is 0 Å². The molecule has 4 aliphatic heterocycles. The van der Waals surface area contributed by atoms with Gasteiger partial charge in [0.05, 0.1) is 72.0 Å². The number of benzene rings is 7. The van der Waals surface area contributed by atoms with Gasteiger partial charge in [0.2, 0.25) is 17.4 Å². The quantitative estimate of drug-likeness (QED) is 0.0380. The number of terminal acetylenes is 1. The second-order valence-electron chi connectivity index (χ2n) is 25.6. The Kier molecular flexibility index (Phi) is 24.5. The van der Waals surface area contributed by atoms with Crippen LogP contribution in [0.25, 0.3) is 54.5 Å². The largest absolute Gasteiger partial charge is 0.497 e. The average Bonchev–Trinajstić information content (AvgIpc) is 1.63. The highest BCUT2D eigenvalue weighted by Gasteiger charge is 2.50. The molecule has 9 heterocycles. The highest BCUT2D eigenvalue weighted by atomic mass is 79.9. The Morgan fingerprint density at radius 1 is 0.569 bits per heavy atom. The SMILES string of the molecule is C#C[C@]1(CN2Cc3ccc(OC)cc3C2=O)NC(=O)NC1=O.CC(=O)n1nc(C)c2ccc(Br)cc21.CC(=O)n1nc(CBr)c2ccc(Br)cc21.CCc1[nH]nc2cc(Br)ccc12.COc1ccc2c(c1)C(=O)N(C[C@@]1(C#Cc3ccc4c(CN(C)C)[nH]nc4c3)NC(=O)NC1=O)C2.Cc1[nH]nc2cc(Br)ccc12. The zero-order chi connectivity index (χ0) is 78.3. The number of methoxy groups -OCH3 is 2. The third kappa shape index (κ3) is 17.5. The van der Waals surface area contributed by atoms with Crippen molar-refractivity contribution in [3.05, 3.63) is 202 Å². The van der Waals surface area contributed by atoms with Gasteiger partial charge in [0.1, 0.15) is 11.5 Å². The number of alkyl halides is 1. The Morgan fingerprint density at radius 3 is 1.54 bits per heavy atom. The number of aryl methyl sites for hydroxylation is 3. The van der Waals surface area contributed by atoms with Crippen LogP contribution in [0, 0.1) is 38.0 Å². The number of imide groups is 2. The number of carbonyl (C=O) groups excluding carboxylic acids is 8. The van der Waals surface area contributed by atoms with Gasteiger partial charge in [-0.3, -0.25) is 54.7 Å². The maximum Gasteiger partial charge on any atom is 0.323 e. The maximum atomic E-state index is 13.0. The number of nitrogens with one attached hydrogen (secondary N) is 7. The van der Waals surface area contributed by atoms with Crippen LogP contribution >= 0.6 is 79.6 Å². The van der Waals surface area contributed by atoms with Crippen LogP contribution in [-0.4, -0.2) is 165 Å². The van der Waals surface area contributed by atoms with Crippen LogP contribution < -0.4 is 30.7 Å². The number of aromatic nitrogens is 10. The number of hydrogen-bond acceptors (Lipinski definition) is 16. The highest BCUT2D eigenvalue weighted by Crippen LogP contribution is 2.32. The number of fused-ring (bicyclic) bond motifs is 7. The lowest BCUT2D eigenvalue weighted by Crippen LogP contribution is -2.54. The van der Waals surface area contributed by atoms with Gasteiger partial charge < -0.3 is 34.8 Å². The molecule has 0 bridgehead atoms. The molecular formula is C77H70Br5N17O10. The van der Waals surface area contributed by atoms with Gasteiger partial charge >= 0.3 is 12.1 Å². The zero-order valence-electron chi connectivity index (χ0n) is 60.1. The van der Waals surface area contributed by atoms with Crippen LogP contribution in [0.2, 0.25) is 0 Å². The van der Waals surface area contributed by atoms with E-state index in [0.717, 1.165) is 109 Å². The molecule has 27 nitrogen and oxygen atoms in total. The zero-order valence-corrected chi connectivity index (χ0v) is 68.0. The number of H-pyrrole nitrogens is 3. The van der Waals surface area contributed by atoms with Crippen LogP contribution in [0.3, 0.4) is 0 Å². The summed E-state index contributed by atoms with van der Waals surface area (Å²) in [6.07, 6.45) is 6.41. The standard InChI is InChI=1S/C25H24N6O4.C15H13N3O4.C10H8Br2N2O.C10H9BrN2O.C9H9BrN2.C8H7BrN2/c1-30(2)13-21-18-7-4-15(10-20(18)28-29-21)8-9-25(23(33)26-24(34)27-25)14-31-12-16-5-6-17(35-3)11-19(16)22(31)32;1-3-15(13(20)16-14(21)17-15)8-18-7-9-4-5-10(22-2)6-11(9)12(18)19;1-6(15)14-10-4-7(12)2-3-8(10)9(5-11)13-14;1-6-9-4-3-8(11)5-10(9)13(12-6)7(2)14;1-2-8-7-4-3-6(10)5-9(7)12-11-8;1-5-7-3-2-6(9)4-8(7)11-10-5/h4-7,10-11H,12-14H2,1-3H3,(H,28,29)(H2,26,27,33,34);1,4-6H,7-8H2,2H3,(H2,16,17,20,21);2-4H,5H2,1H3;3-5H,1-2H3;3-5H,2H2,1H3,(H,11,12);2-4H,1H3,(H,10,11)/t25-;15-;;;;/m11..../s1. The summed E-state index contributed by atoms with van der Waals surface area (Å²) >= 11 is 16.9. The summed E-state index contributed by atoms with van der Waals surface area (Å²) in [5, 5.41) is 45.5. The summed E-state index contributed by atoms with van der Waals surface area (Å²) in [5.74, 6) is 7.51. The molecule has 0 aliphatic carbocycles. The van der Waals surface area contributed by atoms with E-state index in [0.29, 0.717) is 46.6 Å². The number of aromatic amines is 3. The molecule has 5 aromatic heterocycles. The van der Waals surface area contributed by atoms with Crippen molar-refractivity contribution in [2.75, 3.05) is 41.4 Å². The number of amides is 8. The highest BCUT2D eigenvalue weighted by molar-refractivity contribution is 9.11. The molecule has 32 heteroatoms. The fourth-order valence-electron chi connectivity index (χ4n) is 12.4. The minimum atomic E-state index is -1.57. The van der Waals surface area contributed by atoms with E-state index in [2.05, 4.69) is 179 Å². The van der Waals surface area contributed by atoms with Crippen LogP contribution in [0.15, 0.2) is 145 Å². The number of nitrogens with zero attached hydrogens (tertiary/aromatic N) is 10. The van der Waals surface area contributed by atoms with Gasteiger partial charge in [0.25, 0.3) is 23.6 Å². The van der Waals surface area contributed by atoms with E-state index >= 15 is 0 Å². The van der Waals surface area contributed by atoms with Gasteiger partial charge in [-0.15, -0.1) is 6.42 Å². The van der Waals surface area contributed by atoms with Gasteiger partial charge in [-0.25, -0.2) is 14.3 Å². The molecule has 12 aromatic rings. The first kappa shape index (κ1) is 79.2. The van der Waals surface area contributed by atoms with E-state index in [4.69, 9.17) is 15.9 Å². The van der Waals surface area contributed by atoms with Crippen LogP contribution in [0.5, 0.6) is 11.5 Å². The molecule has 0 spiro atoms. The maximum absolute atomic E-state index is 13.0. The fourth-order valence-corrected chi connectivity index (χ4v) is 14.2. The molecule has 8 amide bonds. The predicted octanol–water partition coefficient (Wildman–Crippen LogP) is 12.7. The molecule has 109 heavy (non-hydrogen) atoms. The summed E-state index contributed by atoms with van der Waals surface area (Å²) in [4.78, 5) is 101. The van der Waals surface area contributed by atoms with Gasteiger partial charge in [-0.2, -0.15) is 30.2 Å². The Morgan fingerprint density at radius 2 is 1.03 bits per heavy atom. The minimum absolute atomic E-state index is 0.0683. The van der Waals surface area contributed by atoms with Crippen LogP contribution in [0.1, 0.15) is 96.2 Å². The van der Waals surface area contributed by atoms with Gasteiger partial charge in [-0.1, -0.05) is 116 Å². The Bertz CT molecular complexity index is 5750. The van der Waals surface area contributed by atoms with Crippen molar-refractivity contribution in [1.82, 2.24) is 86.1 Å². The Balaban J connectivity index is 0.000000138. The van der Waals surface area contributed by atoms with E-state index in [9.17, 15) is 38.4 Å². The van der Waals surface area contributed by atoms with Crippen molar-refractivity contribution in [1.29, 1.82) is 0 Å². The monoisotopic (exact) mass is 1790 g/mol. The molecule has 0 unspecified atom stereocenters. The first-order valence-corrected chi connectivity index (χ1v) is 37.8. The van der Waals surface area contributed by atoms with E-state index in [1.807, 2.05) is 118 Å². The van der Waals surface area contributed by atoms with E-state index in [1.54, 1.807) is 30.3 Å². The summed E-state index contributed by atoms with van der Waals surface area (Å²) in [6.45, 7) is 10.2. The lowest BCUT2D eigenvalue weighted by atomic mass is 9.99. The number of urea groups is 2. The minimum Gasteiger partial charge on any atom is -0.497 e. The van der Waals surface area contributed by atoms with Crippen molar-refractivity contribution in [3.8, 4) is 35.7 Å². The summed E-state index contributed by atoms with van der Waals surface area (Å²) < 4.78 is 17.2. The number of hydrogen-bond donors (Lipinski definition) is 7. The fraction of sp³-hybridized carbons (Fsp3) is 0.234. The Hall–Kier alpha value is -10.9. The van der Waals surface area contributed by atoms with E-state index in [1.165, 1.54) is 63.7 Å². The smallest absolute Gasteiger partial charge is 0.323 e. The van der Waals surface area contributed by atoms with Crippen molar-refractivity contribution >= 4 is 182 Å². The topological polar surface area (TPSA) is 335 Å². The predicted molar refractivity (Wildman–Crippen MR) is 430 cm³/mol. The first-order valence-electron chi connectivity index (χ1n) is 33.5. The lowest BCUT2D eigenvalue weighted by Gasteiger charge is -2.26. The summed E-state index contributed by atoms with van der Waals surface area (Å²) in [6, 6.07) is 38.6. The molecule has 2 saturated heterocycles. The summed E-state index contributed by atoms with van der Waals surface area (Å²) in [7, 11) is 7.01. The number of halogens is 5. The van der Waals surface area contributed by atoms with Gasteiger partial charge in [0, 0.05) is 112 Å². The number of ether oxygens (including phenoxy) is 2. The molecule has 16 rings (SSSR count). The van der Waals surface area contributed by atoms with Gasteiger partial charge in [-0.05, 0) is 161 Å². The van der Waals surface area contributed by atoms with E-state index < -0.39 is 35.0 Å². The average molecular weight is 1790 g/mol. The van der Waals surface area contributed by atoms with Crippen molar-refractivity contribution < 1.29 is 47.8 Å². The number of carbonyl (C=O) groups is 8. The Labute approximate surface area is 666 Å². The molecule has 2 atom stereocenters. The van der Waals surface area contributed by atoms with Crippen molar-refractivity contribution in [2.24, 2.45) is 0 Å². The molecule has 2 fully saturated rings. The molecule has 558 valence electrons. The van der Waals surface area contributed by atoms with Crippen molar-refractivity contribution in [2.45, 2.75) is 77.1 Å². The molecule has 4 aliphatic rings.